The van der Waals surface area contributed by atoms with Crippen LogP contribution in [0.5, 0.6) is 0 Å². The van der Waals surface area contributed by atoms with Crippen LogP contribution in [0.4, 0.5) is 4.39 Å². The number of hydrogen-bond acceptors (Lipinski definition) is 2. The molecule has 188 valence electrons. The minimum absolute atomic E-state index is 0.0469. The summed E-state index contributed by atoms with van der Waals surface area (Å²) < 4.78 is 13.5. The van der Waals surface area contributed by atoms with E-state index in [0.29, 0.717) is 19.5 Å². The fourth-order valence-electron chi connectivity index (χ4n) is 6.18. The van der Waals surface area contributed by atoms with E-state index >= 15 is 0 Å². The van der Waals surface area contributed by atoms with Gasteiger partial charge in [0, 0.05) is 36.1 Å². The molecule has 6 heteroatoms. The Kier molecular flexibility index (Phi) is 5.28. The minimum atomic E-state index is -0.575. The minimum Gasteiger partial charge on any atom is -0.356 e. The Morgan fingerprint density at radius 2 is 1.61 bits per heavy atom. The van der Waals surface area contributed by atoms with Crippen LogP contribution in [0.3, 0.4) is 0 Å². The fraction of sp³-hybridized carbons (Fsp3) is 0.188. The molecule has 5 aromatic rings. The van der Waals surface area contributed by atoms with Crippen molar-refractivity contribution in [2.45, 2.75) is 31.5 Å². The number of nitrogens with zero attached hydrogens (tertiary/aromatic N) is 2. The van der Waals surface area contributed by atoms with Gasteiger partial charge in [0.2, 0.25) is 11.8 Å². The third kappa shape index (κ3) is 3.76. The van der Waals surface area contributed by atoms with Crippen LogP contribution in [0.25, 0.3) is 21.7 Å². The molecule has 4 aromatic carbocycles. The van der Waals surface area contributed by atoms with E-state index in [1.807, 2.05) is 58.3 Å². The topological polar surface area (TPSA) is 56.4 Å². The number of carbonyl (C=O) groups excluding carboxylic acids is 2. The predicted molar refractivity (Wildman–Crippen MR) is 145 cm³/mol. The molecule has 2 aliphatic rings. The summed E-state index contributed by atoms with van der Waals surface area (Å²) in [5, 5.41) is 3.34. The van der Waals surface area contributed by atoms with Crippen molar-refractivity contribution in [1.29, 1.82) is 0 Å². The summed E-state index contributed by atoms with van der Waals surface area (Å²) in [4.78, 5) is 35.0. The zero-order chi connectivity index (χ0) is 25.8. The van der Waals surface area contributed by atoms with Crippen molar-refractivity contribution in [3.05, 3.63) is 119 Å². The number of nitrogens with one attached hydrogen (secondary N) is 1. The molecule has 0 spiro atoms. The first-order valence-electron chi connectivity index (χ1n) is 13.0. The first-order valence-corrected chi connectivity index (χ1v) is 13.0. The smallest absolute Gasteiger partial charge is 0.246 e. The van der Waals surface area contributed by atoms with Crippen molar-refractivity contribution >= 4 is 33.5 Å². The molecule has 0 aliphatic carbocycles. The normalized spacial score (nSPS) is 18.7. The molecule has 5 nitrogen and oxygen atoms in total. The summed E-state index contributed by atoms with van der Waals surface area (Å²) in [6.07, 6.45) is 0.705. The molecule has 0 saturated carbocycles. The van der Waals surface area contributed by atoms with Gasteiger partial charge in [-0.25, -0.2) is 4.39 Å². The highest BCUT2D eigenvalue weighted by atomic mass is 19.1. The van der Waals surface area contributed by atoms with Gasteiger partial charge in [-0.05, 0) is 45.7 Å². The van der Waals surface area contributed by atoms with Crippen LogP contribution in [0.1, 0.15) is 28.4 Å². The third-order valence-electron chi connectivity index (χ3n) is 7.98. The summed E-state index contributed by atoms with van der Waals surface area (Å²) in [5.41, 5.74) is 4.95. The predicted octanol–water partition coefficient (Wildman–Crippen LogP) is 5.54. The lowest BCUT2D eigenvalue weighted by molar-refractivity contribution is -0.157. The Morgan fingerprint density at radius 1 is 0.868 bits per heavy atom. The zero-order valence-electron chi connectivity index (χ0n) is 20.7. The quantitative estimate of drug-likeness (QED) is 0.350. The number of aromatic nitrogens is 1. The van der Waals surface area contributed by atoms with Crippen LogP contribution in [0.15, 0.2) is 91.0 Å². The van der Waals surface area contributed by atoms with E-state index < -0.39 is 6.04 Å². The van der Waals surface area contributed by atoms with Gasteiger partial charge >= 0.3 is 0 Å². The molecule has 1 fully saturated rings. The van der Waals surface area contributed by atoms with E-state index in [0.717, 1.165) is 44.1 Å². The second kappa shape index (κ2) is 8.84. The van der Waals surface area contributed by atoms with Crippen molar-refractivity contribution in [2.24, 2.45) is 0 Å². The van der Waals surface area contributed by atoms with E-state index in [2.05, 4.69) is 23.2 Å². The van der Waals surface area contributed by atoms with Gasteiger partial charge in [0.25, 0.3) is 0 Å². The Labute approximate surface area is 219 Å². The maximum Gasteiger partial charge on any atom is 0.246 e. The van der Waals surface area contributed by atoms with Crippen LogP contribution in [0, 0.1) is 5.82 Å². The van der Waals surface area contributed by atoms with Gasteiger partial charge in [-0.2, -0.15) is 0 Å². The molecule has 2 atom stereocenters. The monoisotopic (exact) mass is 503 g/mol. The summed E-state index contributed by atoms with van der Waals surface area (Å²) in [5.74, 6) is -0.411. The SMILES string of the molecule is O=C1C2Cc3c([nH]c4ccccc34)[C@@H](CN1Cc1ccc(F)cc1)N2C(=O)Cc1ccc2ccccc2c1. The number of para-hydroxylation sites is 1. The molecule has 2 amide bonds. The number of aromatic amines is 1. The number of piperazine rings is 1. The molecule has 2 bridgehead atoms. The lowest BCUT2D eigenvalue weighted by atomic mass is 9.87. The summed E-state index contributed by atoms with van der Waals surface area (Å²) >= 11 is 0. The number of H-pyrrole nitrogens is 1. The molecule has 0 radical (unpaired) electrons. The highest BCUT2D eigenvalue weighted by Crippen LogP contribution is 2.41. The third-order valence-corrected chi connectivity index (χ3v) is 7.98. The number of carbonyl (C=O) groups is 2. The van der Waals surface area contributed by atoms with Gasteiger partial charge in [-0.15, -0.1) is 0 Å². The van der Waals surface area contributed by atoms with Crippen LogP contribution >= 0.6 is 0 Å². The van der Waals surface area contributed by atoms with Gasteiger partial charge in [0.1, 0.15) is 11.9 Å². The highest BCUT2D eigenvalue weighted by molar-refractivity contribution is 5.94. The largest absolute Gasteiger partial charge is 0.356 e. The van der Waals surface area contributed by atoms with Gasteiger partial charge in [-0.3, -0.25) is 9.59 Å². The van der Waals surface area contributed by atoms with Crippen LogP contribution in [0.2, 0.25) is 0 Å². The molecule has 38 heavy (non-hydrogen) atoms. The Hall–Kier alpha value is -4.45. The van der Waals surface area contributed by atoms with E-state index in [-0.39, 0.29) is 30.1 Å². The maximum absolute atomic E-state index is 13.9. The first kappa shape index (κ1) is 22.7. The molecule has 3 heterocycles. The lowest BCUT2D eigenvalue weighted by Crippen LogP contribution is -2.62. The molecule has 2 aliphatic heterocycles. The molecule has 1 aromatic heterocycles. The maximum atomic E-state index is 13.9. The average Bonchev–Trinajstić information content (AvgIpc) is 3.31. The Bertz CT molecular complexity index is 1710. The second-order valence-electron chi connectivity index (χ2n) is 10.3. The highest BCUT2D eigenvalue weighted by Gasteiger charge is 2.48. The van der Waals surface area contributed by atoms with E-state index in [9.17, 15) is 14.0 Å². The van der Waals surface area contributed by atoms with E-state index in [4.69, 9.17) is 0 Å². The van der Waals surface area contributed by atoms with Crippen LogP contribution < -0.4 is 0 Å². The zero-order valence-corrected chi connectivity index (χ0v) is 20.7. The lowest BCUT2D eigenvalue weighted by Gasteiger charge is -2.49. The second-order valence-corrected chi connectivity index (χ2v) is 10.3. The Balaban J connectivity index is 1.25. The average molecular weight is 504 g/mol. The molecular weight excluding hydrogens is 477 g/mol. The van der Waals surface area contributed by atoms with Crippen molar-refractivity contribution < 1.29 is 14.0 Å². The first-order chi connectivity index (χ1) is 18.5. The molecule has 1 N–H and O–H groups in total. The summed E-state index contributed by atoms with van der Waals surface area (Å²) in [7, 11) is 0. The van der Waals surface area contributed by atoms with Crippen LogP contribution in [-0.4, -0.2) is 39.2 Å². The van der Waals surface area contributed by atoms with Crippen LogP contribution in [-0.2, 0) is 29.0 Å². The van der Waals surface area contributed by atoms with E-state index in [1.54, 1.807) is 12.1 Å². The van der Waals surface area contributed by atoms with Crippen molar-refractivity contribution in [3.63, 3.8) is 0 Å². The van der Waals surface area contributed by atoms with E-state index in [1.165, 1.54) is 12.1 Å². The molecular formula is C32H26FN3O2. The Morgan fingerprint density at radius 3 is 2.45 bits per heavy atom. The van der Waals surface area contributed by atoms with Crippen molar-refractivity contribution in [2.75, 3.05) is 6.54 Å². The number of hydrogen-bond donors (Lipinski definition) is 1. The number of benzene rings is 4. The van der Waals surface area contributed by atoms with Gasteiger partial charge in [0.15, 0.2) is 0 Å². The molecule has 7 rings (SSSR count). The summed E-state index contributed by atoms with van der Waals surface area (Å²) in [6.45, 7) is 0.768. The van der Waals surface area contributed by atoms with Crippen molar-refractivity contribution in [1.82, 2.24) is 14.8 Å². The van der Waals surface area contributed by atoms with Gasteiger partial charge < -0.3 is 14.8 Å². The number of rotatable bonds is 4. The number of halogens is 1. The fourth-order valence-corrected chi connectivity index (χ4v) is 6.18. The number of fused-ring (bicyclic) bond motifs is 7. The van der Waals surface area contributed by atoms with Crippen molar-refractivity contribution in [3.8, 4) is 0 Å². The van der Waals surface area contributed by atoms with Gasteiger partial charge in [0.05, 0.1) is 12.5 Å². The van der Waals surface area contributed by atoms with Gasteiger partial charge in [-0.1, -0.05) is 72.8 Å². The molecule has 1 saturated heterocycles. The summed E-state index contributed by atoms with van der Waals surface area (Å²) in [6, 6.07) is 27.7. The number of amides is 2. The standard InChI is InChI=1S/C32H26FN3O2/c33-24-13-10-20(11-14-24)18-35-19-29-31-26(25-7-3-4-8-27(25)34-31)17-28(32(35)38)36(29)30(37)16-21-9-12-22-5-1-2-6-23(22)15-21/h1-15,28-29,34H,16-19H2/t28?,29-/m1/s1. The molecule has 1 unspecified atom stereocenters.